The predicted octanol–water partition coefficient (Wildman–Crippen LogP) is -0.346. The molecule has 1 aromatic heterocycles. The maximum Gasteiger partial charge on any atom is 0.281 e. The summed E-state index contributed by atoms with van der Waals surface area (Å²) in [7, 11) is 1.08. The fourth-order valence-corrected chi connectivity index (χ4v) is 3.25. The van der Waals surface area contributed by atoms with Crippen molar-refractivity contribution in [2.24, 2.45) is 0 Å². The quantitative estimate of drug-likeness (QED) is 0.755. The summed E-state index contributed by atoms with van der Waals surface area (Å²) in [5, 5.41) is 0. The second-order valence-corrected chi connectivity index (χ2v) is 7.21. The summed E-state index contributed by atoms with van der Waals surface area (Å²) in [5.41, 5.74) is 0.463. The van der Waals surface area contributed by atoms with Gasteiger partial charge in [-0.3, -0.25) is 4.79 Å². The molecule has 22 heavy (non-hydrogen) atoms. The zero-order valence-electron chi connectivity index (χ0n) is 12.9. The lowest BCUT2D eigenvalue weighted by molar-refractivity contribution is 0.0694. The number of hydrogen-bond donors (Lipinski definition) is 0. The second-order valence-electron chi connectivity index (χ2n) is 5.07. The Hall–Kier alpha value is -1.71. The Morgan fingerprint density at radius 3 is 2.32 bits per heavy atom. The zero-order valence-corrected chi connectivity index (χ0v) is 13.7. The number of ether oxygens (including phenoxy) is 1. The molecule has 0 N–H and O–H groups in total. The smallest absolute Gasteiger partial charge is 0.281 e. The van der Waals surface area contributed by atoms with E-state index in [1.807, 2.05) is 0 Å². The van der Waals surface area contributed by atoms with E-state index in [1.54, 1.807) is 17.0 Å². The lowest BCUT2D eigenvalue weighted by atomic mass is 10.2. The van der Waals surface area contributed by atoms with Crippen molar-refractivity contribution in [1.82, 2.24) is 18.5 Å². The summed E-state index contributed by atoms with van der Waals surface area (Å²) in [6, 6.07) is 3.27. The molecule has 0 atom stereocenters. The highest BCUT2D eigenvalue weighted by molar-refractivity contribution is 7.86. The minimum Gasteiger partial charge on any atom is -0.481 e. The van der Waals surface area contributed by atoms with Crippen molar-refractivity contribution >= 4 is 16.1 Å². The van der Waals surface area contributed by atoms with E-state index in [0.29, 0.717) is 24.5 Å². The van der Waals surface area contributed by atoms with Gasteiger partial charge in [0.25, 0.3) is 16.1 Å². The van der Waals surface area contributed by atoms with Crippen molar-refractivity contribution in [2.75, 3.05) is 47.4 Å². The van der Waals surface area contributed by atoms with Gasteiger partial charge in [-0.05, 0) is 6.07 Å². The molecule has 9 heteroatoms. The summed E-state index contributed by atoms with van der Waals surface area (Å²) >= 11 is 0. The van der Waals surface area contributed by atoms with E-state index in [9.17, 15) is 13.2 Å². The van der Waals surface area contributed by atoms with Crippen LogP contribution in [0.4, 0.5) is 0 Å². The van der Waals surface area contributed by atoms with Crippen molar-refractivity contribution in [3.63, 3.8) is 0 Å². The SMILES string of the molecule is COc1ccc(C(=O)N2CCN(S(=O)(=O)N(C)C)CC2)cn1. The Balaban J connectivity index is 2.00. The molecular formula is C13H20N4O4S. The fourth-order valence-electron chi connectivity index (χ4n) is 2.16. The first-order valence-corrected chi connectivity index (χ1v) is 8.23. The third-order valence-corrected chi connectivity index (χ3v) is 5.45. The molecule has 0 spiro atoms. The summed E-state index contributed by atoms with van der Waals surface area (Å²) in [5.74, 6) is 0.287. The first-order valence-electron chi connectivity index (χ1n) is 6.83. The number of rotatable bonds is 4. The van der Waals surface area contributed by atoms with Crippen LogP contribution in [-0.2, 0) is 10.2 Å². The molecule has 2 rings (SSSR count). The van der Waals surface area contributed by atoms with Crippen LogP contribution < -0.4 is 4.74 Å². The van der Waals surface area contributed by atoms with Crippen molar-refractivity contribution in [1.29, 1.82) is 0 Å². The molecule has 1 aliphatic heterocycles. The molecule has 0 unspecified atom stereocenters. The van der Waals surface area contributed by atoms with E-state index in [1.165, 1.54) is 36.0 Å². The number of carbonyl (C=O) groups is 1. The van der Waals surface area contributed by atoms with Gasteiger partial charge in [0.05, 0.1) is 12.7 Å². The number of aromatic nitrogens is 1. The van der Waals surface area contributed by atoms with Crippen LogP contribution in [0.1, 0.15) is 10.4 Å². The molecule has 2 heterocycles. The Kier molecular flexibility index (Phi) is 4.99. The Morgan fingerprint density at radius 1 is 1.23 bits per heavy atom. The molecule has 1 fully saturated rings. The largest absolute Gasteiger partial charge is 0.481 e. The summed E-state index contributed by atoms with van der Waals surface area (Å²) in [4.78, 5) is 18.0. The lowest BCUT2D eigenvalue weighted by Crippen LogP contribution is -2.53. The monoisotopic (exact) mass is 328 g/mol. The standard InChI is InChI=1S/C13H20N4O4S/c1-15(2)22(19,20)17-8-6-16(7-9-17)13(18)11-4-5-12(21-3)14-10-11/h4-5,10H,6-9H2,1-3H3. The van der Waals surface area contributed by atoms with Gasteiger partial charge in [-0.1, -0.05) is 0 Å². The zero-order chi connectivity index (χ0) is 16.3. The topological polar surface area (TPSA) is 83.0 Å². The number of amides is 1. The lowest BCUT2D eigenvalue weighted by Gasteiger charge is -2.35. The summed E-state index contributed by atoms with van der Waals surface area (Å²) < 4.78 is 31.6. The molecule has 0 aliphatic carbocycles. The molecule has 8 nitrogen and oxygen atoms in total. The Morgan fingerprint density at radius 2 is 1.86 bits per heavy atom. The third-order valence-electron chi connectivity index (χ3n) is 3.51. The van der Waals surface area contributed by atoms with Crippen LogP contribution in [0.25, 0.3) is 0 Å². The summed E-state index contributed by atoms with van der Waals surface area (Å²) in [6.07, 6.45) is 1.46. The van der Waals surface area contributed by atoms with Crippen LogP contribution in [-0.4, -0.2) is 80.2 Å². The van der Waals surface area contributed by atoms with Crippen LogP contribution in [0.2, 0.25) is 0 Å². The average molecular weight is 328 g/mol. The number of hydrogen-bond acceptors (Lipinski definition) is 5. The second kappa shape index (κ2) is 6.59. The maximum atomic E-state index is 12.4. The summed E-state index contributed by atoms with van der Waals surface area (Å²) in [6.45, 7) is 1.29. The minimum absolute atomic E-state index is 0.156. The number of methoxy groups -OCH3 is 1. The van der Waals surface area contributed by atoms with Crippen LogP contribution in [0.15, 0.2) is 18.3 Å². The highest BCUT2D eigenvalue weighted by Crippen LogP contribution is 2.13. The average Bonchev–Trinajstić information content (AvgIpc) is 2.54. The number of pyridine rings is 1. The highest BCUT2D eigenvalue weighted by atomic mass is 32.2. The first kappa shape index (κ1) is 16.7. The van der Waals surface area contributed by atoms with Gasteiger partial charge in [0.2, 0.25) is 5.88 Å². The molecular weight excluding hydrogens is 308 g/mol. The molecule has 0 aromatic carbocycles. The van der Waals surface area contributed by atoms with Gasteiger partial charge < -0.3 is 9.64 Å². The van der Waals surface area contributed by atoms with Gasteiger partial charge in [0, 0.05) is 52.5 Å². The van der Waals surface area contributed by atoms with Gasteiger partial charge >= 0.3 is 0 Å². The van der Waals surface area contributed by atoms with Crippen LogP contribution >= 0.6 is 0 Å². The molecule has 1 saturated heterocycles. The van der Waals surface area contributed by atoms with E-state index in [2.05, 4.69) is 4.98 Å². The molecule has 0 bridgehead atoms. The van der Waals surface area contributed by atoms with Crippen molar-refractivity contribution in [3.05, 3.63) is 23.9 Å². The molecule has 1 aliphatic rings. The van der Waals surface area contributed by atoms with Crippen molar-refractivity contribution < 1.29 is 17.9 Å². The number of nitrogens with zero attached hydrogens (tertiary/aromatic N) is 4. The number of piperazine rings is 1. The van der Waals surface area contributed by atoms with E-state index in [4.69, 9.17) is 4.74 Å². The van der Waals surface area contributed by atoms with Crippen molar-refractivity contribution in [3.8, 4) is 5.88 Å². The van der Waals surface area contributed by atoms with E-state index in [-0.39, 0.29) is 19.0 Å². The Bertz CT molecular complexity index is 622. The molecule has 1 aromatic rings. The van der Waals surface area contributed by atoms with Crippen LogP contribution in [0.3, 0.4) is 0 Å². The van der Waals surface area contributed by atoms with Gasteiger partial charge in [-0.2, -0.15) is 17.0 Å². The molecule has 0 saturated carbocycles. The fraction of sp³-hybridized carbons (Fsp3) is 0.538. The van der Waals surface area contributed by atoms with Crippen LogP contribution in [0.5, 0.6) is 5.88 Å². The normalized spacial score (nSPS) is 16.8. The maximum absolute atomic E-state index is 12.4. The van der Waals surface area contributed by atoms with Gasteiger partial charge in [-0.15, -0.1) is 0 Å². The third kappa shape index (κ3) is 3.37. The van der Waals surface area contributed by atoms with Gasteiger partial charge in [-0.25, -0.2) is 4.98 Å². The first-order chi connectivity index (χ1) is 10.4. The Labute approximate surface area is 130 Å². The van der Waals surface area contributed by atoms with Gasteiger partial charge in [0.1, 0.15) is 0 Å². The number of carbonyl (C=O) groups excluding carboxylic acids is 1. The van der Waals surface area contributed by atoms with Gasteiger partial charge in [0.15, 0.2) is 0 Å². The molecule has 0 radical (unpaired) electrons. The minimum atomic E-state index is -3.42. The van der Waals surface area contributed by atoms with E-state index >= 15 is 0 Å². The highest BCUT2D eigenvalue weighted by Gasteiger charge is 2.30. The van der Waals surface area contributed by atoms with Crippen LogP contribution in [0, 0.1) is 0 Å². The molecule has 1 amide bonds. The van der Waals surface area contributed by atoms with E-state index in [0.717, 1.165) is 0 Å². The molecule has 122 valence electrons. The van der Waals surface area contributed by atoms with E-state index < -0.39 is 10.2 Å². The predicted molar refractivity (Wildman–Crippen MR) is 80.9 cm³/mol. The van der Waals surface area contributed by atoms with Crippen molar-refractivity contribution in [2.45, 2.75) is 0 Å².